The van der Waals surface area contributed by atoms with Crippen LogP contribution in [0, 0.1) is 11.2 Å². The molecule has 1 rings (SSSR count). The van der Waals surface area contributed by atoms with E-state index in [2.05, 4.69) is 5.32 Å². The van der Waals surface area contributed by atoms with Crippen molar-refractivity contribution in [3.05, 3.63) is 35.9 Å². The molecule has 28 heavy (non-hydrogen) atoms. The molecule has 0 spiro atoms. The Morgan fingerprint density at radius 3 is 2.79 bits per heavy atom. The highest BCUT2D eigenvalue weighted by Gasteiger charge is 2.13. The molecular formula is C20H25BN3O4. The minimum absolute atomic E-state index is 0.0489. The molecule has 0 fully saturated rings. The van der Waals surface area contributed by atoms with E-state index in [-0.39, 0.29) is 30.4 Å². The first-order valence-corrected chi connectivity index (χ1v) is 9.18. The molecule has 0 aliphatic heterocycles. The molecule has 3 amide bonds. The lowest BCUT2D eigenvalue weighted by Gasteiger charge is -2.14. The topological polar surface area (TPSA) is 111 Å². The minimum Gasteiger partial charge on any atom is -0.506 e. The van der Waals surface area contributed by atoms with Crippen LogP contribution in [0.3, 0.4) is 0 Å². The van der Waals surface area contributed by atoms with Crippen molar-refractivity contribution >= 4 is 31.2 Å². The molecule has 0 bridgehead atoms. The Labute approximate surface area is 166 Å². The zero-order valence-electron chi connectivity index (χ0n) is 16.2. The zero-order valence-corrected chi connectivity index (χ0v) is 16.2. The first kappa shape index (κ1) is 23.0. The van der Waals surface area contributed by atoms with Crippen LogP contribution < -0.4 is 5.32 Å². The summed E-state index contributed by atoms with van der Waals surface area (Å²) < 4.78 is 0. The summed E-state index contributed by atoms with van der Waals surface area (Å²) in [5.74, 6) is 1.34. The van der Waals surface area contributed by atoms with Gasteiger partial charge in [-0.25, -0.2) is 5.26 Å². The fraction of sp³-hybridized carbons (Fsp3) is 0.400. The molecule has 1 aromatic carbocycles. The van der Waals surface area contributed by atoms with Gasteiger partial charge < -0.3 is 10.4 Å². The van der Waals surface area contributed by atoms with Crippen LogP contribution in [-0.4, -0.2) is 42.1 Å². The van der Waals surface area contributed by atoms with Crippen molar-refractivity contribution in [2.45, 2.75) is 45.3 Å². The monoisotopic (exact) mass is 382 g/mol. The van der Waals surface area contributed by atoms with Gasteiger partial charge in [0.1, 0.15) is 5.75 Å². The molecule has 7 nitrogen and oxygen atoms in total. The second kappa shape index (κ2) is 12.3. The number of hydrogen-bond donors (Lipinski definition) is 2. The molecule has 0 saturated carbocycles. The second-order valence-corrected chi connectivity index (χ2v) is 6.31. The maximum atomic E-state index is 12.1. The molecule has 0 aromatic heterocycles. The number of phenolic OH excluding ortho intramolecular Hbond substituents is 1. The number of nitriles is 1. The van der Waals surface area contributed by atoms with Gasteiger partial charge in [-0.2, -0.15) is 0 Å². The van der Waals surface area contributed by atoms with E-state index < -0.39 is 5.91 Å². The van der Waals surface area contributed by atoms with Gasteiger partial charge in [0.05, 0.1) is 5.69 Å². The number of rotatable bonds is 11. The third kappa shape index (κ3) is 7.66. The summed E-state index contributed by atoms with van der Waals surface area (Å²) in [5.41, 5.74) is 1.20. The number of nitrogens with one attached hydrogen (secondary N) is 1. The van der Waals surface area contributed by atoms with Crippen LogP contribution in [0.15, 0.2) is 30.4 Å². The van der Waals surface area contributed by atoms with Crippen LogP contribution in [-0.2, 0) is 20.8 Å². The predicted octanol–water partition coefficient (Wildman–Crippen LogP) is 2.60. The average molecular weight is 382 g/mol. The van der Waals surface area contributed by atoms with E-state index in [1.165, 1.54) is 12.1 Å². The smallest absolute Gasteiger partial charge is 0.258 e. The van der Waals surface area contributed by atoms with E-state index >= 15 is 0 Å². The van der Waals surface area contributed by atoms with Crippen LogP contribution >= 0.6 is 0 Å². The number of phenols is 1. The SMILES string of the molecule is C/C=C\C(=O)N(C=O)CCCC(=O)Nc1cc(CC([B]C#N)CC)ccc1O. The van der Waals surface area contributed by atoms with Crippen LogP contribution in [0.5, 0.6) is 5.75 Å². The lowest BCUT2D eigenvalue weighted by molar-refractivity contribution is -0.134. The highest BCUT2D eigenvalue weighted by molar-refractivity contribution is 6.46. The van der Waals surface area contributed by atoms with E-state index in [9.17, 15) is 19.5 Å². The number of nitrogens with zero attached hydrogens (tertiary/aromatic N) is 2. The Kier molecular flexibility index (Phi) is 10.1. The van der Waals surface area contributed by atoms with Gasteiger partial charge in [0.15, 0.2) is 0 Å². The number of carbonyl (C=O) groups excluding carboxylic acids is 3. The van der Waals surface area contributed by atoms with Gasteiger partial charge in [-0.15, -0.1) is 0 Å². The molecule has 1 atom stereocenters. The predicted molar refractivity (Wildman–Crippen MR) is 108 cm³/mol. The van der Waals surface area contributed by atoms with E-state index in [4.69, 9.17) is 5.26 Å². The summed E-state index contributed by atoms with van der Waals surface area (Å²) >= 11 is 0. The Hall–Kier alpha value is -3.08. The van der Waals surface area contributed by atoms with Gasteiger partial charge in [-0.3, -0.25) is 19.3 Å². The summed E-state index contributed by atoms with van der Waals surface area (Å²) in [4.78, 5) is 35.7. The first-order valence-electron chi connectivity index (χ1n) is 9.18. The third-order valence-corrected chi connectivity index (χ3v) is 4.19. The van der Waals surface area contributed by atoms with Crippen molar-refractivity contribution in [2.24, 2.45) is 0 Å². The van der Waals surface area contributed by atoms with Crippen LogP contribution in [0.25, 0.3) is 0 Å². The van der Waals surface area contributed by atoms with Crippen molar-refractivity contribution in [3.8, 4) is 11.7 Å². The van der Waals surface area contributed by atoms with Crippen LogP contribution in [0.4, 0.5) is 5.69 Å². The lowest BCUT2D eigenvalue weighted by atomic mass is 9.63. The maximum absolute atomic E-state index is 12.1. The Morgan fingerprint density at radius 2 is 2.18 bits per heavy atom. The molecule has 0 aliphatic carbocycles. The van der Waals surface area contributed by atoms with E-state index in [0.717, 1.165) is 16.9 Å². The quantitative estimate of drug-likeness (QED) is 0.265. The molecule has 1 aromatic rings. The lowest BCUT2D eigenvalue weighted by Crippen LogP contribution is -2.29. The number of carbonyl (C=O) groups is 3. The van der Waals surface area contributed by atoms with E-state index in [0.29, 0.717) is 24.9 Å². The number of imide groups is 1. The van der Waals surface area contributed by atoms with Gasteiger partial charge in [0, 0.05) is 13.0 Å². The molecule has 2 N–H and O–H groups in total. The third-order valence-electron chi connectivity index (χ3n) is 4.19. The Balaban J connectivity index is 2.63. The van der Waals surface area contributed by atoms with E-state index in [1.807, 2.05) is 12.9 Å². The van der Waals surface area contributed by atoms with Crippen LogP contribution in [0.2, 0.25) is 5.82 Å². The van der Waals surface area contributed by atoms with Crippen molar-refractivity contribution in [3.63, 3.8) is 0 Å². The zero-order chi connectivity index (χ0) is 20.9. The molecule has 1 unspecified atom stereocenters. The molecular weight excluding hydrogens is 357 g/mol. The van der Waals surface area contributed by atoms with Crippen molar-refractivity contribution in [1.29, 1.82) is 5.26 Å². The van der Waals surface area contributed by atoms with E-state index in [1.54, 1.807) is 32.4 Å². The number of benzene rings is 1. The molecule has 0 heterocycles. The van der Waals surface area contributed by atoms with Gasteiger partial charge in [0.25, 0.3) is 13.2 Å². The van der Waals surface area contributed by atoms with Crippen molar-refractivity contribution in [1.82, 2.24) is 4.90 Å². The van der Waals surface area contributed by atoms with Gasteiger partial charge in [0.2, 0.25) is 12.3 Å². The van der Waals surface area contributed by atoms with Crippen molar-refractivity contribution in [2.75, 3.05) is 11.9 Å². The van der Waals surface area contributed by atoms with Gasteiger partial charge in [-0.1, -0.05) is 25.5 Å². The summed E-state index contributed by atoms with van der Waals surface area (Å²) in [6.45, 7) is 3.80. The summed E-state index contributed by atoms with van der Waals surface area (Å²) in [5, 5.41) is 21.4. The Morgan fingerprint density at radius 1 is 1.43 bits per heavy atom. The number of anilines is 1. The first-order chi connectivity index (χ1) is 13.4. The maximum Gasteiger partial charge on any atom is 0.258 e. The molecule has 0 saturated heterocycles. The summed E-state index contributed by atoms with van der Waals surface area (Å²) in [6.07, 6.45) is 5.12. The number of hydrogen-bond acceptors (Lipinski definition) is 5. The molecule has 8 heteroatoms. The fourth-order valence-electron chi connectivity index (χ4n) is 2.62. The number of allylic oxidation sites excluding steroid dienone is 1. The Bertz CT molecular complexity index is 758. The van der Waals surface area contributed by atoms with Crippen molar-refractivity contribution < 1.29 is 19.5 Å². The van der Waals surface area contributed by atoms with Crippen LogP contribution in [0.1, 0.15) is 38.7 Å². The average Bonchev–Trinajstić information content (AvgIpc) is 2.67. The second-order valence-electron chi connectivity index (χ2n) is 6.31. The number of aromatic hydroxyl groups is 1. The molecule has 0 aliphatic rings. The highest BCUT2D eigenvalue weighted by Crippen LogP contribution is 2.27. The highest BCUT2D eigenvalue weighted by atomic mass is 16.3. The van der Waals surface area contributed by atoms with Gasteiger partial charge >= 0.3 is 0 Å². The van der Waals surface area contributed by atoms with Gasteiger partial charge in [-0.05, 0) is 55.3 Å². The summed E-state index contributed by atoms with van der Waals surface area (Å²) in [7, 11) is 1.58. The fourth-order valence-corrected chi connectivity index (χ4v) is 2.62. The number of amides is 3. The summed E-state index contributed by atoms with van der Waals surface area (Å²) in [6, 6.07) is 4.95. The minimum atomic E-state index is -0.428. The largest absolute Gasteiger partial charge is 0.506 e. The molecule has 1 radical (unpaired) electrons. The normalized spacial score (nSPS) is 11.5. The molecule has 147 valence electrons. The standard InChI is InChI=1S/C20H25BN3O4/c1-3-6-20(28)24(14-25)10-5-7-19(27)23-17-12-15(8-9-18(17)26)11-16(4-2)21-13-22/h3,6,8-9,12,14,16,26H,4-5,7,10-11H2,1-2H3,(H,23,27)/b6-3-.